The lowest BCUT2D eigenvalue weighted by Crippen LogP contribution is -2.19. The molecule has 0 saturated heterocycles. The summed E-state index contributed by atoms with van der Waals surface area (Å²) in [6, 6.07) is 13.5. The number of halogens is 3. The van der Waals surface area contributed by atoms with Crippen molar-refractivity contribution in [3.05, 3.63) is 59.7 Å². The maximum absolute atomic E-state index is 12.8. The first-order valence-electron chi connectivity index (χ1n) is 7.10. The highest BCUT2D eigenvalue weighted by Crippen LogP contribution is 2.34. The summed E-state index contributed by atoms with van der Waals surface area (Å²) in [5, 5.41) is 13.9. The lowest BCUT2D eigenvalue weighted by Gasteiger charge is -2.13. The van der Waals surface area contributed by atoms with Crippen LogP contribution in [0.3, 0.4) is 0 Å². The lowest BCUT2D eigenvalue weighted by atomic mass is 10.1. The molecule has 0 atom stereocenters. The van der Waals surface area contributed by atoms with E-state index in [-0.39, 0.29) is 18.7 Å². The molecule has 2 rings (SSSR count). The third kappa shape index (κ3) is 4.74. The molecule has 2 aromatic carbocycles. The maximum Gasteiger partial charge on any atom is 0.418 e. The van der Waals surface area contributed by atoms with E-state index in [2.05, 4.69) is 10.6 Å². The summed E-state index contributed by atoms with van der Waals surface area (Å²) in [5.74, 6) is -0.521. The Morgan fingerprint density at radius 3 is 2.38 bits per heavy atom. The Labute approximate surface area is 136 Å². The van der Waals surface area contributed by atoms with Crippen LogP contribution < -0.4 is 10.6 Å². The minimum atomic E-state index is -4.52. The molecule has 0 saturated carbocycles. The largest absolute Gasteiger partial charge is 0.418 e. The van der Waals surface area contributed by atoms with Crippen molar-refractivity contribution in [2.24, 2.45) is 0 Å². The number of para-hydroxylation sites is 1. The van der Waals surface area contributed by atoms with E-state index < -0.39 is 17.6 Å². The molecule has 0 aromatic heterocycles. The van der Waals surface area contributed by atoms with E-state index in [1.807, 2.05) is 6.07 Å². The zero-order chi connectivity index (χ0) is 17.6. The number of carbonyl (C=O) groups excluding carboxylic acids is 1. The maximum atomic E-state index is 12.8. The third-order valence-corrected chi connectivity index (χ3v) is 3.20. The molecule has 4 nitrogen and oxygen atoms in total. The second-order valence-electron chi connectivity index (χ2n) is 4.96. The number of hydrogen-bond donors (Lipinski definition) is 2. The van der Waals surface area contributed by atoms with Crippen LogP contribution in [0.2, 0.25) is 0 Å². The van der Waals surface area contributed by atoms with Crippen LogP contribution in [0.5, 0.6) is 0 Å². The van der Waals surface area contributed by atoms with Gasteiger partial charge in [-0.2, -0.15) is 18.4 Å². The first kappa shape index (κ1) is 17.3. The zero-order valence-corrected chi connectivity index (χ0v) is 12.5. The molecule has 0 unspecified atom stereocenters. The third-order valence-electron chi connectivity index (χ3n) is 3.20. The Morgan fingerprint density at radius 2 is 1.75 bits per heavy atom. The van der Waals surface area contributed by atoms with Crippen molar-refractivity contribution < 1.29 is 18.0 Å². The molecule has 2 aromatic rings. The van der Waals surface area contributed by atoms with Crippen LogP contribution in [0.15, 0.2) is 48.5 Å². The molecule has 0 spiro atoms. The molecular weight excluding hydrogens is 319 g/mol. The smallest absolute Gasteiger partial charge is 0.385 e. The number of nitriles is 1. The van der Waals surface area contributed by atoms with E-state index in [9.17, 15) is 18.0 Å². The molecule has 0 bridgehead atoms. The summed E-state index contributed by atoms with van der Waals surface area (Å²) < 4.78 is 38.5. The summed E-state index contributed by atoms with van der Waals surface area (Å²) in [7, 11) is 0. The van der Waals surface area contributed by atoms with Crippen LogP contribution in [0.1, 0.15) is 17.5 Å². The standard InChI is InChI=1S/C17H14F3N3O/c18-17(19,20)14-3-1-2-4-15(14)23-16(24)9-10-22-13-7-5-12(11-21)6-8-13/h1-8,22H,9-10H2,(H,23,24). The molecular formula is C17H14F3N3O. The molecule has 0 aliphatic rings. The van der Waals surface area contributed by atoms with E-state index in [0.29, 0.717) is 5.56 Å². The Kier molecular flexibility index (Phi) is 5.42. The normalized spacial score (nSPS) is 10.8. The highest BCUT2D eigenvalue weighted by molar-refractivity contribution is 5.91. The summed E-state index contributed by atoms with van der Waals surface area (Å²) in [6.45, 7) is 0.256. The molecule has 0 aliphatic heterocycles. The van der Waals surface area contributed by atoms with Crippen LogP contribution in [0, 0.1) is 11.3 Å². The van der Waals surface area contributed by atoms with Gasteiger partial charge in [0.05, 0.1) is 22.9 Å². The van der Waals surface area contributed by atoms with Crippen molar-refractivity contribution in [1.82, 2.24) is 0 Å². The lowest BCUT2D eigenvalue weighted by molar-refractivity contribution is -0.137. The first-order valence-corrected chi connectivity index (χ1v) is 7.10. The predicted molar refractivity (Wildman–Crippen MR) is 84.3 cm³/mol. The molecule has 0 radical (unpaired) electrons. The van der Waals surface area contributed by atoms with Crippen LogP contribution in [-0.2, 0) is 11.0 Å². The van der Waals surface area contributed by atoms with Crippen molar-refractivity contribution in [2.75, 3.05) is 17.2 Å². The fourth-order valence-corrected chi connectivity index (χ4v) is 2.03. The van der Waals surface area contributed by atoms with Crippen molar-refractivity contribution in [1.29, 1.82) is 5.26 Å². The Bertz CT molecular complexity index is 749. The number of anilines is 2. The van der Waals surface area contributed by atoms with Gasteiger partial charge in [-0.1, -0.05) is 12.1 Å². The minimum Gasteiger partial charge on any atom is -0.385 e. The van der Waals surface area contributed by atoms with E-state index in [0.717, 1.165) is 11.8 Å². The molecule has 0 heterocycles. The highest BCUT2D eigenvalue weighted by atomic mass is 19.4. The minimum absolute atomic E-state index is 0.00614. The van der Waals surface area contributed by atoms with Gasteiger partial charge in [0.15, 0.2) is 0 Å². The van der Waals surface area contributed by atoms with E-state index >= 15 is 0 Å². The number of rotatable bonds is 5. The highest BCUT2D eigenvalue weighted by Gasteiger charge is 2.33. The Hall–Kier alpha value is -3.01. The van der Waals surface area contributed by atoms with Gasteiger partial charge in [-0.3, -0.25) is 4.79 Å². The number of nitrogens with zero attached hydrogens (tertiary/aromatic N) is 1. The summed E-state index contributed by atoms with van der Waals surface area (Å²) in [5.41, 5.74) is 0.103. The SMILES string of the molecule is N#Cc1ccc(NCCC(=O)Nc2ccccc2C(F)(F)F)cc1. The van der Waals surface area contributed by atoms with Crippen LogP contribution >= 0.6 is 0 Å². The monoisotopic (exact) mass is 333 g/mol. The van der Waals surface area contributed by atoms with Gasteiger partial charge in [0, 0.05) is 18.7 Å². The summed E-state index contributed by atoms with van der Waals surface area (Å²) in [4.78, 5) is 11.8. The van der Waals surface area contributed by atoms with Crippen molar-refractivity contribution >= 4 is 17.3 Å². The number of benzene rings is 2. The molecule has 124 valence electrons. The second-order valence-corrected chi connectivity index (χ2v) is 4.96. The van der Waals surface area contributed by atoms with Gasteiger partial charge < -0.3 is 10.6 Å². The number of alkyl halides is 3. The summed E-state index contributed by atoms with van der Waals surface area (Å²) in [6.07, 6.45) is -4.52. The van der Waals surface area contributed by atoms with Crippen LogP contribution in [0.25, 0.3) is 0 Å². The van der Waals surface area contributed by atoms with Crippen molar-refractivity contribution in [3.8, 4) is 6.07 Å². The van der Waals surface area contributed by atoms with Gasteiger partial charge in [0.2, 0.25) is 5.91 Å². The molecule has 0 fully saturated rings. The van der Waals surface area contributed by atoms with Crippen molar-refractivity contribution in [2.45, 2.75) is 12.6 Å². The van der Waals surface area contributed by atoms with E-state index in [4.69, 9.17) is 5.26 Å². The summed E-state index contributed by atoms with van der Waals surface area (Å²) >= 11 is 0. The first-order chi connectivity index (χ1) is 11.4. The van der Waals surface area contributed by atoms with E-state index in [1.54, 1.807) is 24.3 Å². The Morgan fingerprint density at radius 1 is 1.08 bits per heavy atom. The average molecular weight is 333 g/mol. The quantitative estimate of drug-likeness (QED) is 0.869. The molecule has 2 N–H and O–H groups in total. The van der Waals surface area contributed by atoms with Gasteiger partial charge in [-0.15, -0.1) is 0 Å². The number of nitrogens with one attached hydrogen (secondary N) is 2. The van der Waals surface area contributed by atoms with Gasteiger partial charge in [-0.05, 0) is 36.4 Å². The van der Waals surface area contributed by atoms with Gasteiger partial charge in [0.1, 0.15) is 0 Å². The number of carbonyl (C=O) groups is 1. The predicted octanol–water partition coefficient (Wildman–Crippen LogP) is 4.02. The topological polar surface area (TPSA) is 64.9 Å². The fraction of sp³-hybridized carbons (Fsp3) is 0.176. The van der Waals surface area contributed by atoms with Crippen molar-refractivity contribution in [3.63, 3.8) is 0 Å². The zero-order valence-electron chi connectivity index (χ0n) is 12.5. The van der Waals surface area contributed by atoms with Crippen LogP contribution in [-0.4, -0.2) is 12.5 Å². The van der Waals surface area contributed by atoms with Gasteiger partial charge in [-0.25, -0.2) is 0 Å². The van der Waals surface area contributed by atoms with E-state index in [1.165, 1.54) is 18.2 Å². The fourth-order valence-electron chi connectivity index (χ4n) is 2.03. The average Bonchev–Trinajstić information content (AvgIpc) is 2.55. The van der Waals surface area contributed by atoms with Crippen LogP contribution in [0.4, 0.5) is 24.5 Å². The van der Waals surface area contributed by atoms with Gasteiger partial charge >= 0.3 is 6.18 Å². The van der Waals surface area contributed by atoms with Gasteiger partial charge in [0.25, 0.3) is 0 Å². The molecule has 1 amide bonds. The molecule has 0 aliphatic carbocycles. The molecule has 7 heteroatoms. The number of amides is 1. The number of hydrogen-bond acceptors (Lipinski definition) is 3. The second kappa shape index (κ2) is 7.51. The Balaban J connectivity index is 1.89. The molecule has 24 heavy (non-hydrogen) atoms.